The Balaban J connectivity index is 1.60. The zero-order valence-electron chi connectivity index (χ0n) is 15.8. The van der Waals surface area contributed by atoms with Gasteiger partial charge in [0.15, 0.2) is 11.5 Å². The zero-order valence-corrected chi connectivity index (χ0v) is 17.3. The third-order valence-corrected chi connectivity index (χ3v) is 5.53. The molecular formula is C21H19BrN2O5. The first-order valence-corrected chi connectivity index (χ1v) is 10.1. The van der Waals surface area contributed by atoms with Crippen LogP contribution in [0.4, 0.5) is 5.69 Å². The number of imide groups is 1. The van der Waals surface area contributed by atoms with Crippen LogP contribution in [0.2, 0.25) is 0 Å². The second-order valence-electron chi connectivity index (χ2n) is 6.83. The number of hydrogen-bond donors (Lipinski definition) is 0. The van der Waals surface area contributed by atoms with E-state index in [2.05, 4.69) is 15.9 Å². The van der Waals surface area contributed by atoms with Crippen molar-refractivity contribution in [2.75, 3.05) is 11.7 Å². The van der Waals surface area contributed by atoms with Gasteiger partial charge in [-0.1, -0.05) is 28.9 Å². The topological polar surface area (TPSA) is 76.2 Å². The van der Waals surface area contributed by atoms with Crippen LogP contribution < -0.4 is 14.4 Å². The SMILES string of the molecule is CCC(=O)N(Cc1ccc2c(c1)OCO2)[C@H]1CC(=O)N(c2ccc(Br)cc2)C1=O. The van der Waals surface area contributed by atoms with E-state index in [1.807, 2.05) is 6.07 Å². The minimum atomic E-state index is -0.830. The van der Waals surface area contributed by atoms with Crippen LogP contribution in [-0.4, -0.2) is 35.5 Å². The third-order valence-electron chi connectivity index (χ3n) is 5.00. The molecule has 0 N–H and O–H groups in total. The van der Waals surface area contributed by atoms with Crippen molar-refractivity contribution in [1.29, 1.82) is 0 Å². The predicted octanol–water partition coefficient (Wildman–Crippen LogP) is 3.25. The van der Waals surface area contributed by atoms with Crippen LogP contribution in [0.1, 0.15) is 25.3 Å². The van der Waals surface area contributed by atoms with Gasteiger partial charge < -0.3 is 14.4 Å². The van der Waals surface area contributed by atoms with Crippen molar-refractivity contribution in [2.45, 2.75) is 32.4 Å². The van der Waals surface area contributed by atoms with E-state index in [4.69, 9.17) is 9.47 Å². The summed E-state index contributed by atoms with van der Waals surface area (Å²) >= 11 is 3.35. The molecule has 0 unspecified atom stereocenters. The molecular weight excluding hydrogens is 440 g/mol. The molecule has 2 aliphatic rings. The van der Waals surface area contributed by atoms with Crippen molar-refractivity contribution in [3.8, 4) is 11.5 Å². The number of nitrogens with zero attached hydrogens (tertiary/aromatic N) is 2. The molecule has 150 valence electrons. The van der Waals surface area contributed by atoms with E-state index in [-0.39, 0.29) is 43.9 Å². The number of carbonyl (C=O) groups is 3. The van der Waals surface area contributed by atoms with E-state index in [0.717, 1.165) is 14.9 Å². The Morgan fingerprint density at radius 1 is 1.14 bits per heavy atom. The maximum Gasteiger partial charge on any atom is 0.257 e. The molecule has 7 nitrogen and oxygen atoms in total. The van der Waals surface area contributed by atoms with E-state index in [1.165, 1.54) is 4.90 Å². The second-order valence-corrected chi connectivity index (χ2v) is 7.74. The number of hydrogen-bond acceptors (Lipinski definition) is 5. The molecule has 1 atom stereocenters. The number of benzene rings is 2. The van der Waals surface area contributed by atoms with Gasteiger partial charge in [0.25, 0.3) is 5.91 Å². The molecule has 2 aromatic rings. The smallest absolute Gasteiger partial charge is 0.257 e. The number of halogens is 1. The van der Waals surface area contributed by atoms with Crippen molar-refractivity contribution in [3.63, 3.8) is 0 Å². The van der Waals surface area contributed by atoms with Crippen molar-refractivity contribution in [3.05, 3.63) is 52.5 Å². The van der Waals surface area contributed by atoms with Crippen LogP contribution in [0.25, 0.3) is 0 Å². The molecule has 29 heavy (non-hydrogen) atoms. The molecule has 4 rings (SSSR count). The van der Waals surface area contributed by atoms with Gasteiger partial charge in [0.2, 0.25) is 18.6 Å². The molecule has 1 fully saturated rings. The summed E-state index contributed by atoms with van der Waals surface area (Å²) < 4.78 is 11.6. The van der Waals surface area contributed by atoms with Crippen LogP contribution in [0.15, 0.2) is 46.9 Å². The third kappa shape index (κ3) is 3.72. The average molecular weight is 459 g/mol. The van der Waals surface area contributed by atoms with Crippen LogP contribution in [0.3, 0.4) is 0 Å². The Hall–Kier alpha value is -2.87. The van der Waals surface area contributed by atoms with Crippen molar-refractivity contribution in [2.24, 2.45) is 0 Å². The summed E-state index contributed by atoms with van der Waals surface area (Å²) in [4.78, 5) is 41.0. The highest BCUT2D eigenvalue weighted by Crippen LogP contribution is 2.34. The molecule has 2 aromatic carbocycles. The van der Waals surface area contributed by atoms with Gasteiger partial charge in [-0.25, -0.2) is 4.90 Å². The Bertz CT molecular complexity index is 976. The van der Waals surface area contributed by atoms with E-state index in [9.17, 15) is 14.4 Å². The lowest BCUT2D eigenvalue weighted by Gasteiger charge is -2.27. The summed E-state index contributed by atoms with van der Waals surface area (Å²) in [5.41, 5.74) is 1.30. The molecule has 8 heteroatoms. The Morgan fingerprint density at radius 3 is 2.59 bits per heavy atom. The van der Waals surface area contributed by atoms with E-state index >= 15 is 0 Å². The van der Waals surface area contributed by atoms with E-state index < -0.39 is 6.04 Å². The van der Waals surface area contributed by atoms with Gasteiger partial charge in [0.1, 0.15) is 6.04 Å². The second kappa shape index (κ2) is 7.87. The number of ether oxygens (including phenoxy) is 2. The largest absolute Gasteiger partial charge is 0.454 e. The van der Waals surface area contributed by atoms with Gasteiger partial charge in [0.05, 0.1) is 12.1 Å². The molecule has 1 saturated heterocycles. The highest BCUT2D eigenvalue weighted by Gasteiger charge is 2.44. The molecule has 0 aromatic heterocycles. The van der Waals surface area contributed by atoms with Gasteiger partial charge in [-0.3, -0.25) is 14.4 Å². The number of rotatable bonds is 5. The van der Waals surface area contributed by atoms with Gasteiger partial charge in [-0.2, -0.15) is 0 Å². The van der Waals surface area contributed by atoms with Crippen molar-refractivity contribution >= 4 is 39.3 Å². The Labute approximate surface area is 176 Å². The quantitative estimate of drug-likeness (QED) is 0.642. The number of amides is 3. The van der Waals surface area contributed by atoms with Crippen LogP contribution >= 0.6 is 15.9 Å². The maximum absolute atomic E-state index is 13.1. The lowest BCUT2D eigenvalue weighted by atomic mass is 10.1. The predicted molar refractivity (Wildman–Crippen MR) is 108 cm³/mol. The molecule has 0 saturated carbocycles. The van der Waals surface area contributed by atoms with Crippen molar-refractivity contribution in [1.82, 2.24) is 4.90 Å². The first-order valence-electron chi connectivity index (χ1n) is 9.28. The van der Waals surface area contributed by atoms with Crippen molar-refractivity contribution < 1.29 is 23.9 Å². The molecule has 2 aliphatic heterocycles. The summed E-state index contributed by atoms with van der Waals surface area (Å²) in [5.74, 6) is 0.362. The highest BCUT2D eigenvalue weighted by atomic mass is 79.9. The lowest BCUT2D eigenvalue weighted by molar-refractivity contribution is -0.138. The Morgan fingerprint density at radius 2 is 1.86 bits per heavy atom. The summed E-state index contributed by atoms with van der Waals surface area (Å²) in [6.45, 7) is 2.11. The molecule has 3 amide bonds. The first-order chi connectivity index (χ1) is 14.0. The van der Waals surface area contributed by atoms with E-state index in [1.54, 1.807) is 43.3 Å². The summed E-state index contributed by atoms with van der Waals surface area (Å²) in [6.07, 6.45) is 0.200. The lowest BCUT2D eigenvalue weighted by Crippen LogP contribution is -2.44. The van der Waals surface area contributed by atoms with Gasteiger partial charge in [0, 0.05) is 17.4 Å². The molecule has 0 bridgehead atoms. The average Bonchev–Trinajstić information content (AvgIpc) is 3.30. The first kappa shape index (κ1) is 19.4. The Kier molecular flexibility index (Phi) is 5.27. The fourth-order valence-electron chi connectivity index (χ4n) is 3.53. The standard InChI is InChI=1S/C21H19BrN2O5/c1-2-19(25)23(11-13-3-8-17-18(9-13)29-12-28-17)16-10-20(26)24(21(16)27)15-6-4-14(22)5-7-15/h3-9,16H,2,10-12H2,1H3/t16-/m0/s1. The number of anilines is 1. The summed E-state index contributed by atoms with van der Waals surface area (Å²) in [6, 6.07) is 11.5. The van der Waals surface area contributed by atoms with E-state index in [0.29, 0.717) is 17.2 Å². The summed E-state index contributed by atoms with van der Waals surface area (Å²) in [7, 11) is 0. The minimum Gasteiger partial charge on any atom is -0.454 e. The van der Waals surface area contributed by atoms with Crippen LogP contribution in [-0.2, 0) is 20.9 Å². The number of fused-ring (bicyclic) bond motifs is 1. The zero-order chi connectivity index (χ0) is 20.5. The van der Waals surface area contributed by atoms with Crippen LogP contribution in [0.5, 0.6) is 11.5 Å². The maximum atomic E-state index is 13.1. The van der Waals surface area contributed by atoms with Gasteiger partial charge >= 0.3 is 0 Å². The van der Waals surface area contributed by atoms with Gasteiger partial charge in [-0.05, 0) is 42.0 Å². The van der Waals surface area contributed by atoms with Crippen LogP contribution in [0, 0.1) is 0 Å². The fraction of sp³-hybridized carbons (Fsp3) is 0.286. The molecule has 0 aliphatic carbocycles. The monoisotopic (exact) mass is 458 g/mol. The molecule has 0 radical (unpaired) electrons. The molecule has 2 heterocycles. The summed E-state index contributed by atoms with van der Waals surface area (Å²) in [5, 5.41) is 0. The highest BCUT2D eigenvalue weighted by molar-refractivity contribution is 9.10. The molecule has 0 spiro atoms. The van der Waals surface area contributed by atoms with Gasteiger partial charge in [-0.15, -0.1) is 0 Å². The fourth-order valence-corrected chi connectivity index (χ4v) is 3.80. The number of carbonyl (C=O) groups excluding carboxylic acids is 3. The minimum absolute atomic E-state index is 0.0365. The normalized spacial score (nSPS) is 17.7.